The Morgan fingerprint density at radius 2 is 1.80 bits per heavy atom. The first-order valence-electron chi connectivity index (χ1n) is 8.43. The predicted octanol–water partition coefficient (Wildman–Crippen LogP) is 3.32. The molecule has 0 spiro atoms. The summed E-state index contributed by atoms with van der Waals surface area (Å²) in [5, 5.41) is 0. The van der Waals surface area contributed by atoms with Crippen LogP contribution in [0, 0.1) is 0 Å². The molecular formula is C20H19NO3S. The molecular weight excluding hydrogens is 334 g/mol. The van der Waals surface area contributed by atoms with Crippen molar-refractivity contribution in [2.45, 2.75) is 30.4 Å². The summed E-state index contributed by atoms with van der Waals surface area (Å²) in [7, 11) is 0. The number of ether oxygens (including phenoxy) is 1. The zero-order valence-electron chi connectivity index (χ0n) is 13.8. The van der Waals surface area contributed by atoms with Gasteiger partial charge in [-0.2, -0.15) is 0 Å². The molecule has 2 aliphatic rings. The number of benzene rings is 2. The minimum absolute atomic E-state index is 0.0375. The van der Waals surface area contributed by atoms with Gasteiger partial charge in [-0.25, -0.2) is 4.79 Å². The Balaban J connectivity index is 1.54. The summed E-state index contributed by atoms with van der Waals surface area (Å²) in [4.78, 5) is 26.5. The van der Waals surface area contributed by atoms with Crippen LogP contribution in [-0.4, -0.2) is 28.6 Å². The summed E-state index contributed by atoms with van der Waals surface area (Å²) in [6.07, 6.45) is 1.22. The second kappa shape index (κ2) is 6.56. The lowest BCUT2D eigenvalue weighted by Crippen LogP contribution is -2.46. The van der Waals surface area contributed by atoms with Crippen molar-refractivity contribution in [3.63, 3.8) is 0 Å². The van der Waals surface area contributed by atoms with Crippen LogP contribution < -0.4 is 0 Å². The van der Waals surface area contributed by atoms with Crippen LogP contribution in [0.25, 0.3) is 0 Å². The third-order valence-electron chi connectivity index (χ3n) is 4.85. The molecule has 1 amide bonds. The maximum atomic E-state index is 12.7. The minimum Gasteiger partial charge on any atom is -0.459 e. The van der Waals surface area contributed by atoms with Crippen LogP contribution in [0.2, 0.25) is 0 Å². The number of amides is 1. The first-order chi connectivity index (χ1) is 12.2. The number of thioether (sulfide) groups is 1. The molecule has 0 radical (unpaired) electrons. The molecule has 2 aromatic rings. The molecule has 2 aliphatic heterocycles. The fraction of sp³-hybridized carbons (Fsp3) is 0.300. The standard InChI is InChI=1S/C20H19NO3S/c22-18-11-12-20(16-9-5-2-6-10-16)21(18)17(14-25-20)19(23)24-13-15-7-3-1-4-8-15/h1-10,17H,11-14H2/t17-,20+/m0/s1. The van der Waals surface area contributed by atoms with Gasteiger partial charge in [0.2, 0.25) is 5.91 Å². The van der Waals surface area contributed by atoms with Crippen molar-refractivity contribution < 1.29 is 14.3 Å². The maximum absolute atomic E-state index is 12.7. The lowest BCUT2D eigenvalue weighted by atomic mass is 10.0. The number of hydrogen-bond acceptors (Lipinski definition) is 4. The van der Waals surface area contributed by atoms with Gasteiger partial charge in [-0.05, 0) is 17.5 Å². The first kappa shape index (κ1) is 16.2. The number of rotatable bonds is 4. The molecule has 5 heteroatoms. The molecule has 128 valence electrons. The lowest BCUT2D eigenvalue weighted by Gasteiger charge is -2.33. The Morgan fingerprint density at radius 3 is 2.52 bits per heavy atom. The van der Waals surface area contributed by atoms with Crippen LogP contribution in [0.15, 0.2) is 60.7 Å². The summed E-state index contributed by atoms with van der Waals surface area (Å²) in [6, 6.07) is 19.1. The van der Waals surface area contributed by atoms with Crippen LogP contribution in [-0.2, 0) is 25.8 Å². The summed E-state index contributed by atoms with van der Waals surface area (Å²) in [5.74, 6) is 0.300. The number of hydrogen-bond donors (Lipinski definition) is 0. The highest BCUT2D eigenvalue weighted by molar-refractivity contribution is 8.00. The smallest absolute Gasteiger partial charge is 0.330 e. The van der Waals surface area contributed by atoms with E-state index in [-0.39, 0.29) is 18.5 Å². The van der Waals surface area contributed by atoms with Gasteiger partial charge in [-0.15, -0.1) is 11.8 Å². The molecule has 4 rings (SSSR count). The van der Waals surface area contributed by atoms with Crippen LogP contribution >= 0.6 is 11.8 Å². The molecule has 4 nitrogen and oxygen atoms in total. The molecule has 2 heterocycles. The first-order valence-corrected chi connectivity index (χ1v) is 9.41. The second-order valence-corrected chi connectivity index (χ2v) is 7.63. The quantitative estimate of drug-likeness (QED) is 0.791. The fourth-order valence-corrected chi connectivity index (χ4v) is 5.28. The van der Waals surface area contributed by atoms with Crippen molar-refractivity contribution in [2.75, 3.05) is 5.75 Å². The summed E-state index contributed by atoms with van der Waals surface area (Å²) in [5.41, 5.74) is 2.03. The van der Waals surface area contributed by atoms with Gasteiger partial charge in [0.05, 0.1) is 0 Å². The van der Waals surface area contributed by atoms with Crippen molar-refractivity contribution in [1.29, 1.82) is 0 Å². The summed E-state index contributed by atoms with van der Waals surface area (Å²) >= 11 is 1.68. The van der Waals surface area contributed by atoms with Gasteiger partial charge in [0.1, 0.15) is 17.5 Å². The molecule has 0 saturated carbocycles. The molecule has 2 saturated heterocycles. The Hall–Kier alpha value is -2.27. The zero-order chi connectivity index (χ0) is 17.3. The zero-order valence-corrected chi connectivity index (χ0v) is 14.6. The van der Waals surface area contributed by atoms with E-state index in [4.69, 9.17) is 4.74 Å². The van der Waals surface area contributed by atoms with Gasteiger partial charge in [0, 0.05) is 12.2 Å². The van der Waals surface area contributed by atoms with Crippen molar-refractivity contribution >= 4 is 23.6 Å². The van der Waals surface area contributed by atoms with Crippen molar-refractivity contribution in [3.05, 3.63) is 71.8 Å². The van der Waals surface area contributed by atoms with Gasteiger partial charge in [-0.1, -0.05) is 60.7 Å². The molecule has 2 aromatic carbocycles. The molecule has 25 heavy (non-hydrogen) atoms. The Bertz CT molecular complexity index is 780. The van der Waals surface area contributed by atoms with E-state index in [1.165, 1.54) is 0 Å². The SMILES string of the molecule is O=C(OCc1ccccc1)[C@@H]1CS[C@@]2(c3ccccc3)CCC(=O)N12. The summed E-state index contributed by atoms with van der Waals surface area (Å²) in [6.45, 7) is 0.237. The van der Waals surface area contributed by atoms with Crippen molar-refractivity contribution in [2.24, 2.45) is 0 Å². The van der Waals surface area contributed by atoms with E-state index in [0.717, 1.165) is 17.5 Å². The third kappa shape index (κ3) is 2.82. The molecule has 0 aliphatic carbocycles. The van der Waals surface area contributed by atoms with Gasteiger partial charge >= 0.3 is 5.97 Å². The van der Waals surface area contributed by atoms with E-state index in [2.05, 4.69) is 0 Å². The second-order valence-electron chi connectivity index (χ2n) is 6.33. The molecule has 0 aromatic heterocycles. The topological polar surface area (TPSA) is 46.6 Å². The molecule has 0 N–H and O–H groups in total. The van der Waals surface area contributed by atoms with Gasteiger partial charge < -0.3 is 9.64 Å². The van der Waals surface area contributed by atoms with E-state index >= 15 is 0 Å². The minimum atomic E-state index is -0.510. The van der Waals surface area contributed by atoms with Crippen molar-refractivity contribution in [1.82, 2.24) is 4.90 Å². The van der Waals surface area contributed by atoms with E-state index < -0.39 is 10.9 Å². The van der Waals surface area contributed by atoms with Crippen LogP contribution in [0.1, 0.15) is 24.0 Å². The number of nitrogens with zero attached hydrogens (tertiary/aromatic N) is 1. The third-order valence-corrected chi connectivity index (χ3v) is 6.44. The highest BCUT2D eigenvalue weighted by Gasteiger charge is 2.57. The number of esters is 1. The van der Waals surface area contributed by atoms with Crippen LogP contribution in [0.5, 0.6) is 0 Å². The Morgan fingerprint density at radius 1 is 1.12 bits per heavy atom. The average molecular weight is 353 g/mol. The molecule has 0 bridgehead atoms. The molecule has 2 fully saturated rings. The normalized spacial score (nSPS) is 25.0. The monoisotopic (exact) mass is 353 g/mol. The number of carbonyl (C=O) groups is 2. The predicted molar refractivity (Wildman–Crippen MR) is 96.7 cm³/mol. The fourth-order valence-electron chi connectivity index (χ4n) is 3.64. The summed E-state index contributed by atoms with van der Waals surface area (Å²) < 4.78 is 5.50. The largest absolute Gasteiger partial charge is 0.459 e. The number of carbonyl (C=O) groups excluding carboxylic acids is 2. The van der Waals surface area contributed by atoms with E-state index in [1.807, 2.05) is 60.7 Å². The van der Waals surface area contributed by atoms with Crippen molar-refractivity contribution in [3.8, 4) is 0 Å². The van der Waals surface area contributed by atoms with Crippen LogP contribution in [0.3, 0.4) is 0 Å². The van der Waals surface area contributed by atoms with Gasteiger partial charge in [0.25, 0.3) is 0 Å². The average Bonchev–Trinajstić information content (AvgIpc) is 3.21. The van der Waals surface area contributed by atoms with E-state index in [1.54, 1.807) is 16.7 Å². The molecule has 2 atom stereocenters. The Labute approximate surface area is 151 Å². The highest BCUT2D eigenvalue weighted by Crippen LogP contribution is 2.54. The van der Waals surface area contributed by atoms with Gasteiger partial charge in [0.15, 0.2) is 0 Å². The molecule has 0 unspecified atom stereocenters. The highest BCUT2D eigenvalue weighted by atomic mass is 32.2. The van der Waals surface area contributed by atoms with Crippen LogP contribution in [0.4, 0.5) is 0 Å². The Kier molecular flexibility index (Phi) is 4.25. The van der Waals surface area contributed by atoms with Gasteiger partial charge in [-0.3, -0.25) is 4.79 Å². The van der Waals surface area contributed by atoms with E-state index in [0.29, 0.717) is 12.2 Å². The number of fused-ring (bicyclic) bond motifs is 1. The maximum Gasteiger partial charge on any atom is 0.330 e. The lowest BCUT2D eigenvalue weighted by molar-refractivity contribution is -0.155. The van der Waals surface area contributed by atoms with E-state index in [9.17, 15) is 9.59 Å².